The number of halogens is 1. The molecule has 2 rings (SSSR count). The summed E-state index contributed by atoms with van der Waals surface area (Å²) in [4.78, 5) is 24.5. The largest absolute Gasteiger partial charge is 0.456 e. The van der Waals surface area contributed by atoms with Gasteiger partial charge < -0.3 is 4.74 Å². The van der Waals surface area contributed by atoms with Gasteiger partial charge in [-0.3, -0.25) is 9.59 Å². The van der Waals surface area contributed by atoms with Crippen LogP contribution in [0.2, 0.25) is 5.02 Å². The molecule has 2 aromatic carbocycles. The Balaban J connectivity index is 2.10. The van der Waals surface area contributed by atoms with Gasteiger partial charge in [0.1, 0.15) is 6.04 Å². The van der Waals surface area contributed by atoms with Crippen LogP contribution in [0.3, 0.4) is 0 Å². The molecule has 6 nitrogen and oxygen atoms in total. The molecule has 0 saturated carbocycles. The van der Waals surface area contributed by atoms with Crippen molar-refractivity contribution in [1.29, 1.82) is 0 Å². The maximum absolute atomic E-state index is 12.9. The quantitative estimate of drug-likeness (QED) is 0.527. The summed E-state index contributed by atoms with van der Waals surface area (Å²) in [5.74, 6) is -1.28. The lowest BCUT2D eigenvalue weighted by Gasteiger charge is -2.18. The molecule has 1 atom stereocenters. The number of aryl methyl sites for hydroxylation is 2. The average molecular weight is 438 g/mol. The van der Waals surface area contributed by atoms with Crippen LogP contribution in [-0.4, -0.2) is 32.8 Å². The van der Waals surface area contributed by atoms with Crippen LogP contribution < -0.4 is 4.72 Å². The van der Waals surface area contributed by atoms with Crippen LogP contribution in [0.5, 0.6) is 0 Å². The highest BCUT2D eigenvalue weighted by molar-refractivity contribution is 7.89. The first-order valence-corrected chi connectivity index (χ1v) is 10.8. The number of Topliss-reactive ketones (excluding diaryl/α,β-unsaturated/α-hetero) is 1. The molecular weight excluding hydrogens is 414 g/mol. The zero-order chi connectivity index (χ0) is 21.9. The number of benzene rings is 2. The minimum atomic E-state index is -3.96. The van der Waals surface area contributed by atoms with E-state index in [0.29, 0.717) is 21.7 Å². The second kappa shape index (κ2) is 9.07. The highest BCUT2D eigenvalue weighted by Gasteiger charge is 2.27. The highest BCUT2D eigenvalue weighted by Crippen LogP contribution is 2.26. The normalized spacial score (nSPS) is 12.5. The Bertz CT molecular complexity index is 1040. The maximum Gasteiger partial charge on any atom is 0.324 e. The van der Waals surface area contributed by atoms with Crippen LogP contribution >= 0.6 is 11.6 Å². The van der Waals surface area contributed by atoms with Gasteiger partial charge >= 0.3 is 5.97 Å². The van der Waals surface area contributed by atoms with E-state index < -0.39 is 34.4 Å². The predicted molar refractivity (Wildman–Crippen MR) is 112 cm³/mol. The Morgan fingerprint density at radius 3 is 2.21 bits per heavy atom. The van der Waals surface area contributed by atoms with Crippen LogP contribution in [-0.2, 0) is 19.6 Å². The lowest BCUT2D eigenvalue weighted by molar-refractivity contribution is -0.144. The maximum atomic E-state index is 12.9. The van der Waals surface area contributed by atoms with Gasteiger partial charge in [0.15, 0.2) is 12.4 Å². The molecule has 0 radical (unpaired) electrons. The first-order valence-electron chi connectivity index (χ1n) is 8.99. The zero-order valence-electron chi connectivity index (χ0n) is 17.0. The van der Waals surface area contributed by atoms with E-state index in [-0.39, 0.29) is 4.90 Å². The van der Waals surface area contributed by atoms with Crippen molar-refractivity contribution in [1.82, 2.24) is 4.72 Å². The molecule has 0 saturated heterocycles. The molecule has 0 unspecified atom stereocenters. The fraction of sp³-hybridized carbons (Fsp3) is 0.333. The molecular formula is C21H24ClNO5S. The number of carbonyl (C=O) groups is 2. The SMILES string of the molecule is Cc1cc(C)c(C)c(S(=O)(=O)N[C@@H](C)C(=O)OCC(=O)c2cccc(Cl)c2)c1C. The van der Waals surface area contributed by atoms with E-state index in [4.69, 9.17) is 16.3 Å². The van der Waals surface area contributed by atoms with Crippen molar-refractivity contribution in [2.45, 2.75) is 45.6 Å². The topological polar surface area (TPSA) is 89.5 Å². The molecule has 8 heteroatoms. The fourth-order valence-corrected chi connectivity index (χ4v) is 4.93. The molecule has 0 spiro atoms. The summed E-state index contributed by atoms with van der Waals surface area (Å²) in [7, 11) is -3.96. The minimum absolute atomic E-state index is 0.157. The number of ketones is 1. The number of hydrogen-bond donors (Lipinski definition) is 1. The number of nitrogens with one attached hydrogen (secondary N) is 1. The highest BCUT2D eigenvalue weighted by atomic mass is 35.5. The van der Waals surface area contributed by atoms with Crippen LogP contribution in [0.1, 0.15) is 39.5 Å². The van der Waals surface area contributed by atoms with Crippen LogP contribution in [0, 0.1) is 27.7 Å². The number of hydrogen-bond acceptors (Lipinski definition) is 5. The first-order chi connectivity index (χ1) is 13.4. The lowest BCUT2D eigenvalue weighted by Crippen LogP contribution is -2.40. The molecule has 0 heterocycles. The molecule has 1 N–H and O–H groups in total. The van der Waals surface area contributed by atoms with Crippen molar-refractivity contribution in [3.05, 3.63) is 63.2 Å². The Morgan fingerprint density at radius 1 is 1.07 bits per heavy atom. The van der Waals surface area contributed by atoms with Gasteiger partial charge in [0.2, 0.25) is 10.0 Å². The molecule has 0 aliphatic carbocycles. The summed E-state index contributed by atoms with van der Waals surface area (Å²) < 4.78 is 33.1. The Morgan fingerprint density at radius 2 is 1.66 bits per heavy atom. The molecule has 0 bridgehead atoms. The average Bonchev–Trinajstić information content (AvgIpc) is 2.63. The summed E-state index contributed by atoms with van der Waals surface area (Å²) in [6.45, 7) is 7.98. The van der Waals surface area contributed by atoms with E-state index in [0.717, 1.165) is 11.1 Å². The molecule has 0 aliphatic rings. The van der Waals surface area contributed by atoms with Gasteiger partial charge in [0, 0.05) is 10.6 Å². The van der Waals surface area contributed by atoms with Crippen molar-refractivity contribution in [2.75, 3.05) is 6.61 Å². The molecule has 29 heavy (non-hydrogen) atoms. The van der Waals surface area contributed by atoms with Gasteiger partial charge in [-0.1, -0.05) is 29.8 Å². The van der Waals surface area contributed by atoms with Gasteiger partial charge in [0.05, 0.1) is 4.90 Å². The Kier molecular flexibility index (Phi) is 7.21. The molecule has 0 aromatic heterocycles. The van der Waals surface area contributed by atoms with Crippen LogP contribution in [0.4, 0.5) is 0 Å². The third-order valence-electron chi connectivity index (χ3n) is 4.74. The van der Waals surface area contributed by atoms with Gasteiger partial charge in [-0.05, 0) is 69.0 Å². The monoisotopic (exact) mass is 437 g/mol. The van der Waals surface area contributed by atoms with E-state index in [1.165, 1.54) is 13.0 Å². The summed E-state index contributed by atoms with van der Waals surface area (Å²) in [6, 6.07) is 7.02. The minimum Gasteiger partial charge on any atom is -0.456 e. The van der Waals surface area contributed by atoms with E-state index in [1.807, 2.05) is 19.9 Å². The number of rotatable bonds is 7. The lowest BCUT2D eigenvalue weighted by atomic mass is 10.0. The second-order valence-corrected chi connectivity index (χ2v) is 9.06. The fourth-order valence-electron chi connectivity index (χ4n) is 2.93. The summed E-state index contributed by atoms with van der Waals surface area (Å²) in [6.07, 6.45) is 0. The van der Waals surface area contributed by atoms with Gasteiger partial charge in [-0.15, -0.1) is 0 Å². The van der Waals surface area contributed by atoms with Crippen molar-refractivity contribution in [3.63, 3.8) is 0 Å². The number of ether oxygens (including phenoxy) is 1. The molecule has 0 aliphatic heterocycles. The smallest absolute Gasteiger partial charge is 0.324 e. The van der Waals surface area contributed by atoms with Crippen molar-refractivity contribution in [2.24, 2.45) is 0 Å². The van der Waals surface area contributed by atoms with Crippen LogP contribution in [0.25, 0.3) is 0 Å². The molecule has 156 valence electrons. The zero-order valence-corrected chi connectivity index (χ0v) is 18.6. The van der Waals surface area contributed by atoms with Crippen molar-refractivity contribution >= 4 is 33.4 Å². The standard InChI is InChI=1S/C21H24ClNO5S/c1-12-9-13(2)15(4)20(14(12)3)29(26,27)23-16(5)21(25)28-11-19(24)17-7-6-8-18(22)10-17/h6-10,16,23H,11H2,1-5H3/t16-/m0/s1. The van der Waals surface area contributed by atoms with Gasteiger partial charge in [0.25, 0.3) is 0 Å². The van der Waals surface area contributed by atoms with E-state index >= 15 is 0 Å². The number of esters is 1. The number of carbonyl (C=O) groups excluding carboxylic acids is 2. The van der Waals surface area contributed by atoms with Gasteiger partial charge in [-0.2, -0.15) is 4.72 Å². The Hall–Kier alpha value is -2.22. The molecule has 2 aromatic rings. The van der Waals surface area contributed by atoms with Crippen molar-refractivity contribution < 1.29 is 22.7 Å². The summed E-state index contributed by atoms with van der Waals surface area (Å²) in [5.41, 5.74) is 3.24. The van der Waals surface area contributed by atoms with Crippen LogP contribution in [0.15, 0.2) is 35.2 Å². The van der Waals surface area contributed by atoms with E-state index in [9.17, 15) is 18.0 Å². The van der Waals surface area contributed by atoms with Gasteiger partial charge in [-0.25, -0.2) is 8.42 Å². The molecule has 0 amide bonds. The van der Waals surface area contributed by atoms with Crippen molar-refractivity contribution in [3.8, 4) is 0 Å². The second-order valence-electron chi connectivity index (χ2n) is 6.97. The summed E-state index contributed by atoms with van der Waals surface area (Å²) >= 11 is 5.84. The third kappa shape index (κ3) is 5.44. The third-order valence-corrected chi connectivity index (χ3v) is 6.79. The predicted octanol–water partition coefficient (Wildman–Crippen LogP) is 3.67. The molecule has 0 fully saturated rings. The van der Waals surface area contributed by atoms with E-state index in [2.05, 4.69) is 4.72 Å². The first kappa shape index (κ1) is 23.1. The summed E-state index contributed by atoms with van der Waals surface area (Å²) in [5, 5.41) is 0.391. The number of sulfonamides is 1. The van der Waals surface area contributed by atoms with E-state index in [1.54, 1.807) is 32.0 Å². The Labute approximate surface area is 176 Å².